The SMILES string of the molecule is COCCOCCOCCN(CC1CCCNC1)C(C)C. The molecule has 1 N–H and O–H groups in total. The number of nitrogens with one attached hydrogen (secondary N) is 1. The molecule has 1 atom stereocenters. The van der Waals surface area contributed by atoms with Gasteiger partial charge in [0.15, 0.2) is 0 Å². The highest BCUT2D eigenvalue weighted by atomic mass is 16.5. The fraction of sp³-hybridized carbons (Fsp3) is 1.00. The molecule has 126 valence electrons. The minimum absolute atomic E-state index is 0.577. The largest absolute Gasteiger partial charge is 0.382 e. The van der Waals surface area contributed by atoms with Crippen molar-refractivity contribution >= 4 is 0 Å². The molecule has 0 spiro atoms. The van der Waals surface area contributed by atoms with Crippen molar-refractivity contribution < 1.29 is 14.2 Å². The summed E-state index contributed by atoms with van der Waals surface area (Å²) >= 11 is 0. The van der Waals surface area contributed by atoms with E-state index < -0.39 is 0 Å². The first-order valence-electron chi connectivity index (χ1n) is 8.33. The van der Waals surface area contributed by atoms with E-state index in [-0.39, 0.29) is 0 Å². The van der Waals surface area contributed by atoms with Crippen molar-refractivity contribution in [2.24, 2.45) is 5.92 Å². The average Bonchev–Trinajstić information content (AvgIpc) is 2.49. The van der Waals surface area contributed by atoms with E-state index in [9.17, 15) is 0 Å². The van der Waals surface area contributed by atoms with Gasteiger partial charge in [0.1, 0.15) is 0 Å². The fourth-order valence-electron chi connectivity index (χ4n) is 2.62. The maximum Gasteiger partial charge on any atom is 0.0701 e. The van der Waals surface area contributed by atoms with E-state index in [2.05, 4.69) is 24.1 Å². The summed E-state index contributed by atoms with van der Waals surface area (Å²) in [7, 11) is 1.68. The molecular formula is C16H34N2O3. The van der Waals surface area contributed by atoms with E-state index >= 15 is 0 Å². The highest BCUT2D eigenvalue weighted by molar-refractivity contribution is 4.74. The lowest BCUT2D eigenvalue weighted by Crippen LogP contribution is -2.42. The summed E-state index contributed by atoms with van der Waals surface area (Å²) in [5.74, 6) is 0.790. The predicted molar refractivity (Wildman–Crippen MR) is 85.8 cm³/mol. The van der Waals surface area contributed by atoms with Crippen LogP contribution < -0.4 is 5.32 Å². The van der Waals surface area contributed by atoms with E-state index in [1.54, 1.807) is 7.11 Å². The van der Waals surface area contributed by atoms with Crippen molar-refractivity contribution in [3.63, 3.8) is 0 Å². The zero-order valence-electron chi connectivity index (χ0n) is 14.1. The molecule has 1 rings (SSSR count). The molecule has 0 bridgehead atoms. The lowest BCUT2D eigenvalue weighted by Gasteiger charge is -2.32. The monoisotopic (exact) mass is 302 g/mol. The zero-order valence-corrected chi connectivity index (χ0v) is 14.1. The van der Waals surface area contributed by atoms with Gasteiger partial charge >= 0.3 is 0 Å². The Kier molecular flexibility index (Phi) is 11.1. The molecule has 5 heteroatoms. The van der Waals surface area contributed by atoms with Gasteiger partial charge in [0.2, 0.25) is 0 Å². The van der Waals surface area contributed by atoms with Crippen molar-refractivity contribution in [2.45, 2.75) is 32.7 Å². The summed E-state index contributed by atoms with van der Waals surface area (Å²) < 4.78 is 16.0. The molecule has 0 aliphatic carbocycles. The Bertz CT molecular complexity index is 234. The van der Waals surface area contributed by atoms with Gasteiger partial charge in [-0.3, -0.25) is 4.90 Å². The van der Waals surface area contributed by atoms with Gasteiger partial charge in [0.25, 0.3) is 0 Å². The molecule has 0 amide bonds. The molecule has 0 aromatic heterocycles. The first-order chi connectivity index (χ1) is 10.2. The van der Waals surface area contributed by atoms with Gasteiger partial charge in [-0.25, -0.2) is 0 Å². The predicted octanol–water partition coefficient (Wildman–Crippen LogP) is 1.38. The van der Waals surface area contributed by atoms with Gasteiger partial charge in [-0.05, 0) is 45.7 Å². The van der Waals surface area contributed by atoms with Crippen LogP contribution in [0.3, 0.4) is 0 Å². The third-order valence-electron chi connectivity index (χ3n) is 3.95. The van der Waals surface area contributed by atoms with Crippen molar-refractivity contribution in [3.8, 4) is 0 Å². The zero-order chi connectivity index (χ0) is 15.3. The smallest absolute Gasteiger partial charge is 0.0701 e. The fourth-order valence-corrected chi connectivity index (χ4v) is 2.62. The summed E-state index contributed by atoms with van der Waals surface area (Å²) in [6.45, 7) is 12.5. The van der Waals surface area contributed by atoms with Crippen LogP contribution in [-0.4, -0.2) is 77.3 Å². The van der Waals surface area contributed by atoms with E-state index in [1.165, 1.54) is 25.9 Å². The van der Waals surface area contributed by atoms with E-state index in [0.717, 1.165) is 25.6 Å². The van der Waals surface area contributed by atoms with Crippen molar-refractivity contribution in [3.05, 3.63) is 0 Å². The molecule has 1 saturated heterocycles. The Labute approximate surface area is 130 Å². The molecule has 0 aromatic rings. The molecule has 0 radical (unpaired) electrons. The number of hydrogen-bond acceptors (Lipinski definition) is 5. The first kappa shape index (κ1) is 18.8. The molecule has 1 heterocycles. The highest BCUT2D eigenvalue weighted by Gasteiger charge is 2.18. The summed E-state index contributed by atoms with van der Waals surface area (Å²) in [5.41, 5.74) is 0. The molecule has 0 aromatic carbocycles. The topological polar surface area (TPSA) is 43.0 Å². The van der Waals surface area contributed by atoms with E-state index in [0.29, 0.717) is 32.5 Å². The van der Waals surface area contributed by atoms with Crippen molar-refractivity contribution in [1.82, 2.24) is 10.2 Å². The minimum atomic E-state index is 0.577. The molecule has 1 aliphatic rings. The van der Waals surface area contributed by atoms with Crippen molar-refractivity contribution in [2.75, 3.05) is 66.3 Å². The second-order valence-electron chi connectivity index (χ2n) is 6.02. The Morgan fingerprint density at radius 2 is 1.81 bits per heavy atom. The van der Waals surface area contributed by atoms with E-state index in [4.69, 9.17) is 14.2 Å². The van der Waals surface area contributed by atoms with Gasteiger partial charge in [0.05, 0.1) is 33.0 Å². The van der Waals surface area contributed by atoms with Gasteiger partial charge in [-0.1, -0.05) is 0 Å². The second-order valence-corrected chi connectivity index (χ2v) is 6.02. The quantitative estimate of drug-likeness (QED) is 0.552. The first-order valence-corrected chi connectivity index (χ1v) is 8.33. The van der Waals surface area contributed by atoms with Crippen LogP contribution in [0.4, 0.5) is 0 Å². The second kappa shape index (κ2) is 12.4. The summed E-state index contributed by atoms with van der Waals surface area (Å²) in [6.07, 6.45) is 2.66. The Morgan fingerprint density at radius 1 is 1.10 bits per heavy atom. The van der Waals surface area contributed by atoms with Crippen LogP contribution in [0.2, 0.25) is 0 Å². The van der Waals surface area contributed by atoms with Crippen molar-refractivity contribution in [1.29, 1.82) is 0 Å². The normalized spacial score (nSPS) is 19.6. The van der Waals surface area contributed by atoms with Gasteiger partial charge in [0, 0.05) is 26.2 Å². The van der Waals surface area contributed by atoms with Gasteiger partial charge in [-0.2, -0.15) is 0 Å². The van der Waals surface area contributed by atoms with Crippen LogP contribution in [0.5, 0.6) is 0 Å². The molecular weight excluding hydrogens is 268 g/mol. The Balaban J connectivity index is 2.05. The summed E-state index contributed by atoms with van der Waals surface area (Å²) in [5, 5.41) is 3.50. The van der Waals surface area contributed by atoms with E-state index in [1.807, 2.05) is 0 Å². The van der Waals surface area contributed by atoms with Gasteiger partial charge in [-0.15, -0.1) is 0 Å². The third-order valence-corrected chi connectivity index (χ3v) is 3.95. The molecule has 5 nitrogen and oxygen atoms in total. The molecule has 0 saturated carbocycles. The minimum Gasteiger partial charge on any atom is -0.382 e. The molecule has 1 aliphatic heterocycles. The Hall–Kier alpha value is -0.200. The summed E-state index contributed by atoms with van der Waals surface area (Å²) in [6, 6.07) is 0.577. The van der Waals surface area contributed by atoms with Crippen LogP contribution in [0.15, 0.2) is 0 Å². The lowest BCUT2D eigenvalue weighted by molar-refractivity contribution is 0.0159. The number of rotatable bonds is 12. The Morgan fingerprint density at radius 3 is 2.43 bits per heavy atom. The molecule has 1 unspecified atom stereocenters. The maximum atomic E-state index is 5.66. The number of hydrogen-bond donors (Lipinski definition) is 1. The highest BCUT2D eigenvalue weighted by Crippen LogP contribution is 2.13. The van der Waals surface area contributed by atoms with Crippen LogP contribution in [0.25, 0.3) is 0 Å². The number of nitrogens with zero attached hydrogens (tertiary/aromatic N) is 1. The molecule has 1 fully saturated rings. The average molecular weight is 302 g/mol. The maximum absolute atomic E-state index is 5.66. The van der Waals surface area contributed by atoms with Crippen LogP contribution in [0, 0.1) is 5.92 Å². The van der Waals surface area contributed by atoms with Gasteiger partial charge < -0.3 is 19.5 Å². The third kappa shape index (κ3) is 9.42. The standard InChI is InChI=1S/C16H34N2O3/c1-15(2)18(14-16-5-4-6-17-13-16)7-8-20-11-12-21-10-9-19-3/h15-17H,4-14H2,1-3H3. The van der Waals surface area contributed by atoms with Crippen LogP contribution >= 0.6 is 0 Å². The molecule has 21 heavy (non-hydrogen) atoms. The number of piperidine rings is 1. The number of ether oxygens (including phenoxy) is 3. The van der Waals surface area contributed by atoms with Crippen LogP contribution in [-0.2, 0) is 14.2 Å². The lowest BCUT2D eigenvalue weighted by atomic mass is 9.98. The van der Waals surface area contributed by atoms with Crippen LogP contribution in [0.1, 0.15) is 26.7 Å². The summed E-state index contributed by atoms with van der Waals surface area (Å²) in [4.78, 5) is 2.53. The number of methoxy groups -OCH3 is 1.